The van der Waals surface area contributed by atoms with Crippen LogP contribution in [0.1, 0.15) is 24.2 Å². The Labute approximate surface area is 118 Å². The molecule has 6 heteroatoms. The van der Waals surface area contributed by atoms with Crippen LogP contribution in [0.3, 0.4) is 0 Å². The summed E-state index contributed by atoms with van der Waals surface area (Å²) in [5, 5.41) is 8.93. The fourth-order valence-electron chi connectivity index (χ4n) is 1.80. The van der Waals surface area contributed by atoms with Crippen LogP contribution in [0.15, 0.2) is 53.6 Å². The highest BCUT2D eigenvalue weighted by Gasteiger charge is 2.22. The normalized spacial score (nSPS) is 12.6. The summed E-state index contributed by atoms with van der Waals surface area (Å²) in [6.45, 7) is 1.75. The van der Waals surface area contributed by atoms with Gasteiger partial charge in [0.2, 0.25) is 10.0 Å². The second-order valence-electron chi connectivity index (χ2n) is 4.22. The molecule has 1 aromatic heterocycles. The van der Waals surface area contributed by atoms with Crippen molar-refractivity contribution in [2.75, 3.05) is 0 Å². The summed E-state index contributed by atoms with van der Waals surface area (Å²) in [5.41, 5.74) is 0.735. The Bertz CT molecular complexity index is 737. The number of nitrogens with one attached hydrogen (secondary N) is 1. The van der Waals surface area contributed by atoms with Crippen molar-refractivity contribution in [3.63, 3.8) is 0 Å². The summed E-state index contributed by atoms with van der Waals surface area (Å²) in [7, 11) is -3.79. The second kappa shape index (κ2) is 5.82. The van der Waals surface area contributed by atoms with Crippen molar-refractivity contribution in [3.05, 3.63) is 59.9 Å². The minimum atomic E-state index is -3.79. The van der Waals surface area contributed by atoms with E-state index in [0.29, 0.717) is 0 Å². The van der Waals surface area contributed by atoms with Crippen LogP contribution in [0.25, 0.3) is 0 Å². The van der Waals surface area contributed by atoms with Crippen molar-refractivity contribution in [3.8, 4) is 6.07 Å². The first-order valence-corrected chi connectivity index (χ1v) is 7.45. The summed E-state index contributed by atoms with van der Waals surface area (Å²) in [6, 6.07) is 13.5. The molecule has 0 spiro atoms. The van der Waals surface area contributed by atoms with Crippen molar-refractivity contribution < 1.29 is 8.42 Å². The van der Waals surface area contributed by atoms with Gasteiger partial charge < -0.3 is 0 Å². The van der Waals surface area contributed by atoms with Gasteiger partial charge in [-0.05, 0) is 24.6 Å². The molecule has 0 radical (unpaired) electrons. The Kier molecular flexibility index (Phi) is 4.13. The van der Waals surface area contributed by atoms with Crippen LogP contribution in [0, 0.1) is 11.3 Å². The Balaban J connectivity index is 2.31. The van der Waals surface area contributed by atoms with Gasteiger partial charge in [-0.15, -0.1) is 0 Å². The maximum atomic E-state index is 12.3. The molecule has 0 aliphatic carbocycles. The van der Waals surface area contributed by atoms with Gasteiger partial charge in [-0.25, -0.2) is 18.1 Å². The van der Waals surface area contributed by atoms with E-state index in [9.17, 15) is 8.42 Å². The van der Waals surface area contributed by atoms with Gasteiger partial charge in [-0.3, -0.25) is 0 Å². The van der Waals surface area contributed by atoms with Crippen LogP contribution < -0.4 is 4.72 Å². The fourth-order valence-corrected chi connectivity index (χ4v) is 3.14. The fraction of sp³-hybridized carbons (Fsp3) is 0.143. The molecule has 0 bridgehead atoms. The van der Waals surface area contributed by atoms with E-state index < -0.39 is 16.1 Å². The van der Waals surface area contributed by atoms with Gasteiger partial charge in [0.05, 0.1) is 0 Å². The lowest BCUT2D eigenvalue weighted by Gasteiger charge is -2.14. The first kappa shape index (κ1) is 14.2. The second-order valence-corrected chi connectivity index (χ2v) is 5.90. The SMILES string of the molecule is C[C@H](NS(=O)(=O)c1cccnc1C#N)c1ccccc1. The van der Waals surface area contributed by atoms with E-state index in [4.69, 9.17) is 5.26 Å². The minimum absolute atomic E-state index is 0.106. The van der Waals surface area contributed by atoms with E-state index in [2.05, 4.69) is 9.71 Å². The molecule has 0 saturated heterocycles. The van der Waals surface area contributed by atoms with Crippen molar-refractivity contribution in [2.24, 2.45) is 0 Å². The number of sulfonamides is 1. The molecule has 0 aliphatic rings. The third kappa shape index (κ3) is 3.02. The lowest BCUT2D eigenvalue weighted by molar-refractivity contribution is 0.566. The number of pyridine rings is 1. The molecule has 0 saturated carbocycles. The zero-order valence-corrected chi connectivity index (χ0v) is 11.6. The minimum Gasteiger partial charge on any atom is -0.244 e. The van der Waals surface area contributed by atoms with Crippen molar-refractivity contribution in [1.82, 2.24) is 9.71 Å². The van der Waals surface area contributed by atoms with E-state index >= 15 is 0 Å². The standard InChI is InChI=1S/C14H13N3O2S/c1-11(12-6-3-2-4-7-12)17-20(18,19)14-8-5-9-16-13(14)10-15/h2-9,11,17H,1H3/t11-/m0/s1. The van der Waals surface area contributed by atoms with Crippen LogP contribution in [-0.2, 0) is 10.0 Å². The number of hydrogen-bond donors (Lipinski definition) is 1. The molecular weight excluding hydrogens is 274 g/mol. The van der Waals surface area contributed by atoms with Crippen molar-refractivity contribution in [2.45, 2.75) is 17.9 Å². The van der Waals surface area contributed by atoms with Crippen LogP contribution in [0.4, 0.5) is 0 Å². The zero-order chi connectivity index (χ0) is 14.6. The lowest BCUT2D eigenvalue weighted by Crippen LogP contribution is -2.27. The maximum absolute atomic E-state index is 12.3. The average molecular weight is 287 g/mol. The van der Waals surface area contributed by atoms with E-state index in [0.717, 1.165) is 5.56 Å². The van der Waals surface area contributed by atoms with Gasteiger partial charge in [0, 0.05) is 12.2 Å². The van der Waals surface area contributed by atoms with Gasteiger partial charge in [0.1, 0.15) is 11.0 Å². The number of benzene rings is 1. The van der Waals surface area contributed by atoms with Crippen molar-refractivity contribution in [1.29, 1.82) is 5.26 Å². The third-order valence-corrected chi connectivity index (χ3v) is 4.37. The summed E-state index contributed by atoms with van der Waals surface area (Å²) in [4.78, 5) is 3.66. The average Bonchev–Trinajstić information content (AvgIpc) is 2.47. The molecule has 20 heavy (non-hydrogen) atoms. The number of aromatic nitrogens is 1. The summed E-state index contributed by atoms with van der Waals surface area (Å²) in [5.74, 6) is 0. The molecule has 1 heterocycles. The van der Waals surface area contributed by atoms with Gasteiger partial charge in [-0.2, -0.15) is 5.26 Å². The quantitative estimate of drug-likeness (QED) is 0.932. The van der Waals surface area contributed by atoms with E-state index in [1.807, 2.05) is 30.3 Å². The largest absolute Gasteiger partial charge is 0.244 e. The van der Waals surface area contributed by atoms with Gasteiger partial charge in [0.25, 0.3) is 0 Å². The van der Waals surface area contributed by atoms with Crippen LogP contribution >= 0.6 is 0 Å². The molecular formula is C14H13N3O2S. The Morgan fingerprint density at radius 3 is 2.55 bits per heavy atom. The third-order valence-electron chi connectivity index (χ3n) is 2.80. The Hall–Kier alpha value is -2.23. The molecule has 1 aromatic carbocycles. The van der Waals surface area contributed by atoms with Gasteiger partial charge in [0.15, 0.2) is 5.69 Å². The summed E-state index contributed by atoms with van der Waals surface area (Å²) in [6.07, 6.45) is 1.39. The molecule has 1 atom stereocenters. The highest BCUT2D eigenvalue weighted by Crippen LogP contribution is 2.18. The number of nitriles is 1. The monoisotopic (exact) mass is 287 g/mol. The number of nitrogens with zero attached hydrogens (tertiary/aromatic N) is 2. The highest BCUT2D eigenvalue weighted by molar-refractivity contribution is 7.89. The predicted octanol–water partition coefficient (Wildman–Crippen LogP) is 1.99. The molecule has 0 amide bonds. The topological polar surface area (TPSA) is 82.8 Å². The number of hydrogen-bond acceptors (Lipinski definition) is 4. The van der Waals surface area contributed by atoms with Crippen LogP contribution in [0.5, 0.6) is 0 Å². The van der Waals surface area contributed by atoms with E-state index in [-0.39, 0.29) is 10.6 Å². The maximum Gasteiger partial charge on any atom is 0.244 e. The predicted molar refractivity (Wildman–Crippen MR) is 74.1 cm³/mol. The van der Waals surface area contributed by atoms with Gasteiger partial charge in [-0.1, -0.05) is 30.3 Å². The van der Waals surface area contributed by atoms with Gasteiger partial charge >= 0.3 is 0 Å². The molecule has 0 unspecified atom stereocenters. The van der Waals surface area contributed by atoms with E-state index in [1.54, 1.807) is 13.0 Å². The first-order chi connectivity index (χ1) is 9.54. The highest BCUT2D eigenvalue weighted by atomic mass is 32.2. The molecule has 2 rings (SSSR count). The smallest absolute Gasteiger partial charge is 0.244 e. The molecule has 2 aromatic rings. The summed E-state index contributed by atoms with van der Waals surface area (Å²) >= 11 is 0. The van der Waals surface area contributed by atoms with Crippen LogP contribution in [0.2, 0.25) is 0 Å². The van der Waals surface area contributed by atoms with Crippen molar-refractivity contribution >= 4 is 10.0 Å². The van der Waals surface area contributed by atoms with Crippen LogP contribution in [-0.4, -0.2) is 13.4 Å². The molecule has 102 valence electrons. The Morgan fingerprint density at radius 1 is 1.20 bits per heavy atom. The molecule has 0 fully saturated rings. The number of rotatable bonds is 4. The molecule has 5 nitrogen and oxygen atoms in total. The lowest BCUT2D eigenvalue weighted by atomic mass is 10.1. The Morgan fingerprint density at radius 2 is 1.90 bits per heavy atom. The first-order valence-electron chi connectivity index (χ1n) is 5.97. The molecule has 1 N–H and O–H groups in total. The zero-order valence-electron chi connectivity index (χ0n) is 10.8. The summed E-state index contributed by atoms with van der Waals surface area (Å²) < 4.78 is 27.1. The van der Waals surface area contributed by atoms with E-state index in [1.165, 1.54) is 18.3 Å². The molecule has 0 aliphatic heterocycles.